The fourth-order valence-corrected chi connectivity index (χ4v) is 7.19. The number of carbonyl (C=O) groups excluding carboxylic acids is 2. The molecule has 0 spiro atoms. The summed E-state index contributed by atoms with van der Waals surface area (Å²) >= 11 is 0. The molecule has 0 radical (unpaired) electrons. The number of hydrogen-bond donors (Lipinski definition) is 3. The van der Waals surface area contributed by atoms with Crippen molar-refractivity contribution in [3.05, 3.63) is 12.2 Å². The lowest BCUT2D eigenvalue weighted by atomic mass is 10.0. The lowest BCUT2D eigenvalue weighted by molar-refractivity contribution is -0.161. The standard InChI is InChI=1S/C44H85O10P/c1-3-5-7-9-11-13-15-17-18-19-20-21-22-24-26-28-30-32-34-36-44(48)54-42(40-53-55(49,50)52-38-41(46)37-45)39-51-43(47)35-33-31-29-27-25-23-16-14-12-10-8-6-4-2/h17-18,41-42,45-46H,3-16,19-40H2,1-2H3,(H,49,50)/b18-17-. The Balaban J connectivity index is 4.22. The minimum Gasteiger partial charge on any atom is -0.462 e. The quantitative estimate of drug-likeness (QED) is 0.0235. The van der Waals surface area contributed by atoms with Gasteiger partial charge in [-0.1, -0.05) is 180 Å². The number of ether oxygens (including phenoxy) is 2. The van der Waals surface area contributed by atoms with Crippen molar-refractivity contribution in [3.63, 3.8) is 0 Å². The summed E-state index contributed by atoms with van der Waals surface area (Å²) in [7, 11) is -4.61. The van der Waals surface area contributed by atoms with E-state index < -0.39 is 51.8 Å². The smallest absolute Gasteiger partial charge is 0.462 e. The summed E-state index contributed by atoms with van der Waals surface area (Å²) in [5.74, 6) is -0.916. The van der Waals surface area contributed by atoms with Crippen LogP contribution in [0.1, 0.15) is 219 Å². The minimum absolute atomic E-state index is 0.186. The summed E-state index contributed by atoms with van der Waals surface area (Å²) in [6.45, 7) is 2.40. The summed E-state index contributed by atoms with van der Waals surface area (Å²) in [6.07, 6.45) is 38.9. The summed E-state index contributed by atoms with van der Waals surface area (Å²) < 4.78 is 32.7. The number of hydrogen-bond acceptors (Lipinski definition) is 9. The molecule has 3 unspecified atom stereocenters. The van der Waals surface area contributed by atoms with Gasteiger partial charge in [-0.15, -0.1) is 0 Å². The summed E-state index contributed by atoms with van der Waals surface area (Å²) in [6, 6.07) is 0. The SMILES string of the molecule is CCCCCCCC/C=C\CCCCCCCCCCCC(=O)OC(COC(=O)CCCCCCCCCCCCCCC)COP(=O)(O)OCC(O)CO. The van der Waals surface area contributed by atoms with Crippen molar-refractivity contribution in [1.29, 1.82) is 0 Å². The molecule has 0 aliphatic heterocycles. The molecular weight excluding hydrogens is 719 g/mol. The van der Waals surface area contributed by atoms with E-state index in [1.165, 1.54) is 141 Å². The molecule has 0 aromatic carbocycles. The monoisotopic (exact) mass is 805 g/mol. The van der Waals surface area contributed by atoms with E-state index in [1.807, 2.05) is 0 Å². The van der Waals surface area contributed by atoms with Crippen LogP contribution in [0.5, 0.6) is 0 Å². The second-order valence-electron chi connectivity index (χ2n) is 15.4. The predicted molar refractivity (Wildman–Crippen MR) is 224 cm³/mol. The molecule has 0 aromatic heterocycles. The van der Waals surface area contributed by atoms with E-state index in [9.17, 15) is 24.2 Å². The van der Waals surface area contributed by atoms with Gasteiger partial charge in [0.25, 0.3) is 0 Å². The number of unbranched alkanes of at least 4 members (excludes halogenated alkanes) is 27. The van der Waals surface area contributed by atoms with E-state index in [0.717, 1.165) is 38.5 Å². The van der Waals surface area contributed by atoms with E-state index in [1.54, 1.807) is 0 Å². The largest absolute Gasteiger partial charge is 0.472 e. The highest BCUT2D eigenvalue weighted by Crippen LogP contribution is 2.43. The van der Waals surface area contributed by atoms with Gasteiger partial charge in [0.05, 0.1) is 19.8 Å². The van der Waals surface area contributed by atoms with Crippen LogP contribution in [0, 0.1) is 0 Å². The number of rotatable bonds is 43. The summed E-state index contributed by atoms with van der Waals surface area (Å²) in [5, 5.41) is 18.3. The van der Waals surface area contributed by atoms with Gasteiger partial charge in [-0.2, -0.15) is 0 Å². The highest BCUT2D eigenvalue weighted by atomic mass is 31.2. The van der Waals surface area contributed by atoms with Crippen molar-refractivity contribution in [2.45, 2.75) is 232 Å². The number of aliphatic hydroxyl groups excluding tert-OH is 2. The molecule has 3 atom stereocenters. The zero-order valence-corrected chi connectivity index (χ0v) is 36.3. The second kappa shape index (κ2) is 40.9. The van der Waals surface area contributed by atoms with Crippen molar-refractivity contribution in [1.82, 2.24) is 0 Å². The molecule has 55 heavy (non-hydrogen) atoms. The normalized spacial score (nSPS) is 13.9. The maximum atomic E-state index is 12.6. The Kier molecular flexibility index (Phi) is 39.9. The Labute approximate surface area is 336 Å². The topological polar surface area (TPSA) is 149 Å². The van der Waals surface area contributed by atoms with E-state index >= 15 is 0 Å². The fourth-order valence-electron chi connectivity index (χ4n) is 6.40. The number of phosphoric ester groups is 1. The number of carbonyl (C=O) groups is 2. The molecule has 3 N–H and O–H groups in total. The molecule has 0 heterocycles. The third-order valence-electron chi connectivity index (χ3n) is 9.92. The van der Waals surface area contributed by atoms with Crippen LogP contribution in [0.3, 0.4) is 0 Å². The molecule has 0 saturated heterocycles. The predicted octanol–water partition coefficient (Wildman–Crippen LogP) is 12.0. The molecule has 0 saturated carbocycles. The van der Waals surface area contributed by atoms with E-state index in [2.05, 4.69) is 26.0 Å². The first-order valence-electron chi connectivity index (χ1n) is 22.6. The van der Waals surface area contributed by atoms with Crippen LogP contribution in [0.15, 0.2) is 12.2 Å². The van der Waals surface area contributed by atoms with E-state index in [0.29, 0.717) is 12.8 Å². The van der Waals surface area contributed by atoms with Gasteiger partial charge in [0.1, 0.15) is 12.7 Å². The van der Waals surface area contributed by atoms with Crippen molar-refractivity contribution in [2.24, 2.45) is 0 Å². The lowest BCUT2D eigenvalue weighted by Crippen LogP contribution is -2.29. The Hall–Kier alpha value is -1.29. The zero-order valence-electron chi connectivity index (χ0n) is 35.4. The Morgan fingerprint density at radius 2 is 0.891 bits per heavy atom. The van der Waals surface area contributed by atoms with Crippen molar-refractivity contribution in [3.8, 4) is 0 Å². The van der Waals surface area contributed by atoms with Gasteiger partial charge in [-0.3, -0.25) is 18.6 Å². The minimum atomic E-state index is -4.61. The van der Waals surface area contributed by atoms with Crippen LogP contribution in [0.4, 0.5) is 0 Å². The van der Waals surface area contributed by atoms with Crippen LogP contribution in [-0.4, -0.2) is 65.7 Å². The van der Waals surface area contributed by atoms with Crippen LogP contribution < -0.4 is 0 Å². The molecule has 0 rings (SSSR count). The van der Waals surface area contributed by atoms with Crippen molar-refractivity contribution >= 4 is 19.8 Å². The average Bonchev–Trinajstić information content (AvgIpc) is 3.17. The van der Waals surface area contributed by atoms with Crippen LogP contribution in [0.2, 0.25) is 0 Å². The molecule has 10 nitrogen and oxygen atoms in total. The third-order valence-corrected chi connectivity index (χ3v) is 10.9. The molecule has 0 aromatic rings. The molecule has 0 aliphatic rings. The molecule has 0 aliphatic carbocycles. The molecular formula is C44H85O10P. The third kappa shape index (κ3) is 40.7. The Morgan fingerprint density at radius 3 is 1.31 bits per heavy atom. The number of aliphatic hydroxyl groups is 2. The van der Waals surface area contributed by atoms with Crippen LogP contribution in [0.25, 0.3) is 0 Å². The molecule has 0 bridgehead atoms. The first-order valence-corrected chi connectivity index (χ1v) is 24.1. The first kappa shape index (κ1) is 53.7. The van der Waals surface area contributed by atoms with Gasteiger partial charge in [0.2, 0.25) is 0 Å². The van der Waals surface area contributed by atoms with Gasteiger partial charge in [0, 0.05) is 12.8 Å². The average molecular weight is 805 g/mol. The number of allylic oxidation sites excluding steroid dienone is 2. The van der Waals surface area contributed by atoms with Gasteiger partial charge in [-0.05, 0) is 38.5 Å². The zero-order chi connectivity index (χ0) is 40.5. The fraction of sp³-hybridized carbons (Fsp3) is 0.909. The molecule has 326 valence electrons. The number of esters is 2. The highest BCUT2D eigenvalue weighted by molar-refractivity contribution is 7.47. The van der Waals surface area contributed by atoms with Crippen molar-refractivity contribution < 1.29 is 47.8 Å². The number of phosphoric acid groups is 1. The van der Waals surface area contributed by atoms with Crippen LogP contribution >= 0.6 is 7.82 Å². The van der Waals surface area contributed by atoms with Gasteiger partial charge >= 0.3 is 19.8 Å². The molecule has 11 heteroatoms. The van der Waals surface area contributed by atoms with Gasteiger partial charge in [-0.25, -0.2) is 4.57 Å². The van der Waals surface area contributed by atoms with E-state index in [4.69, 9.17) is 23.6 Å². The summed E-state index contributed by atoms with van der Waals surface area (Å²) in [5.41, 5.74) is 0. The lowest BCUT2D eigenvalue weighted by Gasteiger charge is -2.20. The maximum absolute atomic E-state index is 12.6. The van der Waals surface area contributed by atoms with Crippen LogP contribution in [-0.2, 0) is 32.7 Å². The Morgan fingerprint density at radius 1 is 0.527 bits per heavy atom. The molecule has 0 fully saturated rings. The maximum Gasteiger partial charge on any atom is 0.472 e. The second-order valence-corrected chi connectivity index (χ2v) is 16.9. The Bertz CT molecular complexity index is 930. The summed E-state index contributed by atoms with van der Waals surface area (Å²) in [4.78, 5) is 35.0. The first-order chi connectivity index (χ1) is 26.7. The van der Waals surface area contributed by atoms with E-state index in [-0.39, 0.29) is 19.4 Å². The highest BCUT2D eigenvalue weighted by Gasteiger charge is 2.27. The van der Waals surface area contributed by atoms with Gasteiger partial charge in [0.15, 0.2) is 6.10 Å². The van der Waals surface area contributed by atoms with Gasteiger partial charge < -0.3 is 24.6 Å². The van der Waals surface area contributed by atoms with Crippen molar-refractivity contribution in [2.75, 3.05) is 26.4 Å². The molecule has 0 amide bonds.